The Bertz CT molecular complexity index is 965. The minimum absolute atomic E-state index is 0.111. The number of carbonyl (C=O) groups is 2. The molecule has 0 aliphatic heterocycles. The Morgan fingerprint density at radius 1 is 1.03 bits per heavy atom. The van der Waals surface area contributed by atoms with Crippen LogP contribution in [0.1, 0.15) is 47.4 Å². The van der Waals surface area contributed by atoms with E-state index in [1.54, 1.807) is 4.90 Å². The first-order valence-corrected chi connectivity index (χ1v) is 10.1. The van der Waals surface area contributed by atoms with Crippen LogP contribution in [-0.4, -0.2) is 39.7 Å². The summed E-state index contributed by atoms with van der Waals surface area (Å²) in [5.41, 5.74) is 3.21. The van der Waals surface area contributed by atoms with Gasteiger partial charge >= 0.3 is 0 Å². The number of unbranched alkanes of at least 4 members (excludes halogenated alkanes) is 2. The molecule has 1 aromatic carbocycles. The van der Waals surface area contributed by atoms with Crippen molar-refractivity contribution in [3.8, 4) is 0 Å². The number of pyridine rings is 1. The van der Waals surface area contributed by atoms with Gasteiger partial charge in [0.25, 0.3) is 5.91 Å². The normalized spacial score (nSPS) is 10.8. The fourth-order valence-corrected chi connectivity index (χ4v) is 3.39. The first kappa shape index (κ1) is 20.6. The van der Waals surface area contributed by atoms with Gasteiger partial charge in [0.05, 0.1) is 5.69 Å². The Hall–Kier alpha value is -3.15. The smallest absolute Gasteiger partial charge is 0.270 e. The molecule has 0 atom stereocenters. The number of imidazole rings is 1. The van der Waals surface area contributed by atoms with E-state index in [4.69, 9.17) is 0 Å². The third-order valence-corrected chi connectivity index (χ3v) is 4.96. The highest BCUT2D eigenvalue weighted by atomic mass is 16.2. The summed E-state index contributed by atoms with van der Waals surface area (Å²) in [5.74, 6) is 0.0408. The number of nitrogens with one attached hydrogen (secondary N) is 1. The molecular weight excluding hydrogens is 364 g/mol. The topological polar surface area (TPSA) is 66.7 Å². The van der Waals surface area contributed by atoms with Gasteiger partial charge in [-0.25, -0.2) is 4.98 Å². The Labute approximate surface area is 171 Å². The van der Waals surface area contributed by atoms with E-state index in [0.717, 1.165) is 36.2 Å². The predicted octanol–water partition coefficient (Wildman–Crippen LogP) is 3.59. The van der Waals surface area contributed by atoms with Crippen molar-refractivity contribution in [1.29, 1.82) is 0 Å². The van der Waals surface area contributed by atoms with Crippen LogP contribution in [0.5, 0.6) is 0 Å². The summed E-state index contributed by atoms with van der Waals surface area (Å²) in [6.45, 7) is 3.07. The Balaban J connectivity index is 1.36. The van der Waals surface area contributed by atoms with Gasteiger partial charge in [0.1, 0.15) is 11.3 Å². The van der Waals surface area contributed by atoms with Crippen molar-refractivity contribution in [1.82, 2.24) is 19.6 Å². The molecule has 1 N–H and O–H groups in total. The molecule has 0 saturated heterocycles. The summed E-state index contributed by atoms with van der Waals surface area (Å²) in [4.78, 5) is 30.9. The quantitative estimate of drug-likeness (QED) is 0.566. The van der Waals surface area contributed by atoms with Gasteiger partial charge in [-0.1, -0.05) is 42.8 Å². The van der Waals surface area contributed by atoms with Crippen molar-refractivity contribution in [3.63, 3.8) is 0 Å². The van der Waals surface area contributed by atoms with Crippen molar-refractivity contribution in [2.75, 3.05) is 13.6 Å². The number of hydrogen-bond donors (Lipinski definition) is 1. The summed E-state index contributed by atoms with van der Waals surface area (Å²) in [5, 5.41) is 2.97. The third kappa shape index (κ3) is 5.44. The lowest BCUT2D eigenvalue weighted by Crippen LogP contribution is -2.27. The van der Waals surface area contributed by atoms with Crippen molar-refractivity contribution in [2.24, 2.45) is 0 Å². The number of fused-ring (bicyclic) bond motifs is 1. The van der Waals surface area contributed by atoms with Crippen LogP contribution in [0.2, 0.25) is 0 Å². The Morgan fingerprint density at radius 3 is 2.59 bits per heavy atom. The molecule has 0 fully saturated rings. The maximum Gasteiger partial charge on any atom is 0.270 e. The fourth-order valence-electron chi connectivity index (χ4n) is 3.39. The van der Waals surface area contributed by atoms with Gasteiger partial charge in [0.15, 0.2) is 0 Å². The number of rotatable bonds is 9. The van der Waals surface area contributed by atoms with E-state index in [1.807, 2.05) is 73.1 Å². The lowest BCUT2D eigenvalue weighted by molar-refractivity contribution is -0.130. The largest absolute Gasteiger partial charge is 0.351 e. The lowest BCUT2D eigenvalue weighted by Gasteiger charge is -2.17. The van der Waals surface area contributed by atoms with Crippen LogP contribution in [-0.2, 0) is 11.3 Å². The molecule has 0 aliphatic carbocycles. The first-order chi connectivity index (χ1) is 14.1. The predicted molar refractivity (Wildman–Crippen MR) is 114 cm³/mol. The van der Waals surface area contributed by atoms with Crippen LogP contribution in [0, 0.1) is 6.92 Å². The van der Waals surface area contributed by atoms with Gasteiger partial charge in [0.2, 0.25) is 5.91 Å². The highest BCUT2D eigenvalue weighted by Crippen LogP contribution is 2.12. The molecule has 0 saturated carbocycles. The van der Waals surface area contributed by atoms with Crippen LogP contribution in [0.15, 0.2) is 54.7 Å². The standard InChI is InChI=1S/C23H28N4O2/c1-18-22(27-16-10-8-13-20(27)25-18)23(29)24-15-9-4-7-14-21(28)26(2)17-19-11-5-3-6-12-19/h3,5-6,8,10-13,16H,4,7,9,14-15,17H2,1-2H3,(H,24,29). The molecular formula is C23H28N4O2. The monoisotopic (exact) mass is 392 g/mol. The molecule has 0 unspecified atom stereocenters. The van der Waals surface area contributed by atoms with E-state index in [0.29, 0.717) is 25.2 Å². The molecule has 3 rings (SSSR count). The molecule has 2 heterocycles. The maximum absolute atomic E-state index is 12.5. The number of nitrogens with zero attached hydrogens (tertiary/aromatic N) is 3. The summed E-state index contributed by atoms with van der Waals surface area (Å²) in [7, 11) is 1.84. The number of hydrogen-bond acceptors (Lipinski definition) is 3. The van der Waals surface area contributed by atoms with Gasteiger partial charge in [-0.2, -0.15) is 0 Å². The summed E-state index contributed by atoms with van der Waals surface area (Å²) < 4.78 is 1.81. The summed E-state index contributed by atoms with van der Waals surface area (Å²) in [6, 6.07) is 15.7. The SMILES string of the molecule is Cc1nc2ccccn2c1C(=O)NCCCCCC(=O)N(C)Cc1ccccc1. The molecule has 0 bridgehead atoms. The van der Waals surface area contributed by atoms with E-state index < -0.39 is 0 Å². The zero-order valence-electron chi connectivity index (χ0n) is 17.1. The van der Waals surface area contributed by atoms with Crippen LogP contribution < -0.4 is 5.32 Å². The Kier molecular flexibility index (Phi) is 7.00. The van der Waals surface area contributed by atoms with Crippen molar-refractivity contribution < 1.29 is 9.59 Å². The van der Waals surface area contributed by atoms with Crippen molar-refractivity contribution in [3.05, 3.63) is 71.7 Å². The van der Waals surface area contributed by atoms with Crippen LogP contribution >= 0.6 is 0 Å². The molecule has 0 radical (unpaired) electrons. The molecule has 0 spiro atoms. The average Bonchev–Trinajstić information content (AvgIpc) is 3.06. The second-order valence-electron chi connectivity index (χ2n) is 7.28. The van der Waals surface area contributed by atoms with E-state index in [1.165, 1.54) is 0 Å². The van der Waals surface area contributed by atoms with Crippen LogP contribution in [0.25, 0.3) is 5.65 Å². The van der Waals surface area contributed by atoms with Crippen LogP contribution in [0.3, 0.4) is 0 Å². The first-order valence-electron chi connectivity index (χ1n) is 10.1. The minimum Gasteiger partial charge on any atom is -0.351 e. The van der Waals surface area contributed by atoms with Gasteiger partial charge in [0, 0.05) is 32.8 Å². The summed E-state index contributed by atoms with van der Waals surface area (Å²) >= 11 is 0. The second kappa shape index (κ2) is 9.87. The minimum atomic E-state index is -0.111. The van der Waals surface area contributed by atoms with Gasteiger partial charge < -0.3 is 10.2 Å². The van der Waals surface area contributed by atoms with E-state index in [2.05, 4.69) is 10.3 Å². The number of carbonyl (C=O) groups excluding carboxylic acids is 2. The molecule has 3 aromatic rings. The fraction of sp³-hybridized carbons (Fsp3) is 0.348. The molecule has 152 valence electrons. The average molecular weight is 393 g/mol. The number of benzene rings is 1. The second-order valence-corrected chi connectivity index (χ2v) is 7.28. The van der Waals surface area contributed by atoms with Gasteiger partial charge in [-0.05, 0) is 37.5 Å². The summed E-state index contributed by atoms with van der Waals surface area (Å²) in [6.07, 6.45) is 4.95. The lowest BCUT2D eigenvalue weighted by atomic mass is 10.1. The molecule has 29 heavy (non-hydrogen) atoms. The van der Waals surface area contributed by atoms with Crippen molar-refractivity contribution >= 4 is 17.5 Å². The van der Waals surface area contributed by atoms with Gasteiger partial charge in [-0.3, -0.25) is 14.0 Å². The maximum atomic E-state index is 12.5. The zero-order valence-corrected chi connectivity index (χ0v) is 17.1. The molecule has 2 aromatic heterocycles. The number of aryl methyl sites for hydroxylation is 1. The molecule has 6 nitrogen and oxygen atoms in total. The van der Waals surface area contributed by atoms with Gasteiger partial charge in [-0.15, -0.1) is 0 Å². The van der Waals surface area contributed by atoms with E-state index in [9.17, 15) is 9.59 Å². The Morgan fingerprint density at radius 2 is 1.79 bits per heavy atom. The molecule has 6 heteroatoms. The highest BCUT2D eigenvalue weighted by Gasteiger charge is 2.15. The third-order valence-electron chi connectivity index (χ3n) is 4.96. The number of aromatic nitrogens is 2. The zero-order chi connectivity index (χ0) is 20.6. The molecule has 0 aliphatic rings. The van der Waals surface area contributed by atoms with Crippen molar-refractivity contribution in [2.45, 2.75) is 39.2 Å². The highest BCUT2D eigenvalue weighted by molar-refractivity contribution is 5.94. The number of amides is 2. The van der Waals surface area contributed by atoms with E-state index in [-0.39, 0.29) is 11.8 Å². The van der Waals surface area contributed by atoms with E-state index >= 15 is 0 Å². The molecule has 2 amide bonds. The van der Waals surface area contributed by atoms with Crippen LogP contribution in [0.4, 0.5) is 0 Å².